The Bertz CT molecular complexity index is 1700. The Morgan fingerprint density at radius 2 is 1.36 bits per heavy atom. The fourth-order valence-electron chi connectivity index (χ4n) is 5.88. The quantitative estimate of drug-likeness (QED) is 0.0959. The average Bonchev–Trinajstić information content (AvgIpc) is 3.37. The van der Waals surface area contributed by atoms with E-state index in [9.17, 15) is 0 Å². The van der Waals surface area contributed by atoms with Crippen molar-refractivity contribution in [2.75, 3.05) is 13.7 Å². The van der Waals surface area contributed by atoms with Crippen molar-refractivity contribution >= 4 is 45.1 Å². The van der Waals surface area contributed by atoms with Crippen LogP contribution in [0.15, 0.2) is 121 Å². The summed E-state index contributed by atoms with van der Waals surface area (Å²) in [6.07, 6.45) is 0.714. The Labute approximate surface area is 264 Å². The molecule has 0 saturated heterocycles. The summed E-state index contributed by atoms with van der Waals surface area (Å²) in [5.41, 5.74) is 11.8. The number of ether oxygens (including phenoxy) is 1. The third kappa shape index (κ3) is 5.08. The molecule has 1 unspecified atom stereocenters. The fourth-order valence-corrected chi connectivity index (χ4v) is 6.85. The molecule has 0 aliphatic rings. The van der Waals surface area contributed by atoms with Gasteiger partial charge in [0, 0.05) is 18.5 Å². The van der Waals surface area contributed by atoms with Crippen LogP contribution in [0.3, 0.4) is 0 Å². The Morgan fingerprint density at radius 1 is 0.833 bits per heavy atom. The Morgan fingerprint density at radius 3 is 1.83 bits per heavy atom. The van der Waals surface area contributed by atoms with Gasteiger partial charge in [0.2, 0.25) is 0 Å². The van der Waals surface area contributed by atoms with Crippen molar-refractivity contribution < 1.29 is 4.74 Å². The molecule has 0 radical (unpaired) electrons. The second kappa shape index (κ2) is 12.3. The second-order valence-electron chi connectivity index (χ2n) is 10.2. The minimum Gasteiger partial charge on any atom is -0.497 e. The number of nitrogens with two attached hydrogens (primary N) is 1. The van der Waals surface area contributed by atoms with Crippen molar-refractivity contribution in [2.45, 2.75) is 17.9 Å². The molecule has 0 spiro atoms. The lowest BCUT2D eigenvalue weighted by Crippen LogP contribution is -2.38. The number of hydrogen-bond acceptors (Lipinski definition) is 4. The Kier molecular flexibility index (Phi) is 8.29. The van der Waals surface area contributed by atoms with Gasteiger partial charge in [0.1, 0.15) is 20.1 Å². The molecule has 2 N–H and O–H groups in total. The van der Waals surface area contributed by atoms with Crippen LogP contribution in [0.1, 0.15) is 33.9 Å². The zero-order valence-corrected chi connectivity index (χ0v) is 26.0. The normalized spacial score (nSPS) is 12.4. The number of nitrogens with zero attached hydrogens (tertiary/aromatic N) is 3. The van der Waals surface area contributed by atoms with E-state index in [-0.39, 0.29) is 5.92 Å². The van der Waals surface area contributed by atoms with Crippen LogP contribution in [0, 0.1) is 3.70 Å². The van der Waals surface area contributed by atoms with Crippen molar-refractivity contribution in [2.24, 2.45) is 5.73 Å². The number of aromatic nitrogens is 3. The summed E-state index contributed by atoms with van der Waals surface area (Å²) in [6, 6.07) is 41.6. The van der Waals surface area contributed by atoms with Crippen molar-refractivity contribution in [3.8, 4) is 5.75 Å². The first-order chi connectivity index (χ1) is 20.6. The van der Waals surface area contributed by atoms with E-state index in [0.29, 0.717) is 18.1 Å². The second-order valence-corrected chi connectivity index (χ2v) is 11.6. The van der Waals surface area contributed by atoms with Crippen molar-refractivity contribution in [1.82, 2.24) is 14.8 Å². The lowest BCUT2D eigenvalue weighted by molar-refractivity contribution is 0.414. The van der Waals surface area contributed by atoms with Gasteiger partial charge in [-0.15, -0.1) is 0 Å². The number of halogens is 2. The number of methoxy groups -OCH3 is 1. The van der Waals surface area contributed by atoms with Crippen LogP contribution in [0.2, 0.25) is 5.15 Å². The van der Waals surface area contributed by atoms with Gasteiger partial charge < -0.3 is 10.5 Å². The lowest BCUT2D eigenvalue weighted by atomic mass is 9.77. The van der Waals surface area contributed by atoms with Crippen LogP contribution in [0.25, 0.3) is 10.9 Å². The van der Waals surface area contributed by atoms with Crippen LogP contribution in [0.4, 0.5) is 0 Å². The van der Waals surface area contributed by atoms with E-state index in [2.05, 4.69) is 112 Å². The van der Waals surface area contributed by atoms with Crippen molar-refractivity contribution in [3.63, 3.8) is 0 Å². The highest BCUT2D eigenvalue weighted by molar-refractivity contribution is 14.1. The predicted molar refractivity (Wildman–Crippen MR) is 178 cm³/mol. The topological polar surface area (TPSA) is 66.0 Å². The summed E-state index contributed by atoms with van der Waals surface area (Å²) in [5.74, 6) is 0.756. The molecule has 4 aromatic carbocycles. The number of rotatable bonds is 9. The molecule has 6 aromatic rings. The zero-order valence-electron chi connectivity index (χ0n) is 23.1. The van der Waals surface area contributed by atoms with Gasteiger partial charge in [-0.2, -0.15) is 5.10 Å². The summed E-state index contributed by atoms with van der Waals surface area (Å²) in [6.45, 7) is 0.414. The van der Waals surface area contributed by atoms with Crippen LogP contribution in [0.5, 0.6) is 5.75 Å². The van der Waals surface area contributed by atoms with Gasteiger partial charge in [0.05, 0.1) is 23.7 Å². The zero-order chi connectivity index (χ0) is 29.1. The summed E-state index contributed by atoms with van der Waals surface area (Å²) in [7, 11) is 1.67. The molecule has 0 saturated carbocycles. The molecule has 0 amide bonds. The molecule has 5 nitrogen and oxygen atoms in total. The van der Waals surface area contributed by atoms with Crippen LogP contribution in [-0.2, 0) is 12.0 Å². The molecule has 0 aliphatic carbocycles. The van der Waals surface area contributed by atoms with Gasteiger partial charge in [-0.25, -0.2) is 9.67 Å². The van der Waals surface area contributed by atoms with Gasteiger partial charge in [-0.3, -0.25) is 0 Å². The highest BCUT2D eigenvalue weighted by atomic mass is 127. The summed E-state index contributed by atoms with van der Waals surface area (Å²) >= 11 is 9.16. The smallest absolute Gasteiger partial charge is 0.138 e. The molecule has 210 valence electrons. The molecule has 7 heteroatoms. The van der Waals surface area contributed by atoms with Gasteiger partial charge in [0.15, 0.2) is 0 Å². The Balaban J connectivity index is 1.63. The Hall–Kier alpha value is -3.72. The van der Waals surface area contributed by atoms with E-state index in [1.54, 1.807) is 7.11 Å². The highest BCUT2D eigenvalue weighted by Gasteiger charge is 2.41. The van der Waals surface area contributed by atoms with E-state index in [1.165, 1.54) is 0 Å². The predicted octanol–water partition coefficient (Wildman–Crippen LogP) is 7.82. The molecule has 2 aromatic heterocycles. The van der Waals surface area contributed by atoms with Crippen LogP contribution < -0.4 is 10.5 Å². The maximum absolute atomic E-state index is 6.82. The van der Waals surface area contributed by atoms with Crippen molar-refractivity contribution in [3.05, 3.63) is 158 Å². The van der Waals surface area contributed by atoms with Gasteiger partial charge >= 0.3 is 0 Å². The van der Waals surface area contributed by atoms with E-state index >= 15 is 0 Å². The maximum Gasteiger partial charge on any atom is 0.138 e. The van der Waals surface area contributed by atoms with Gasteiger partial charge in [-0.1, -0.05) is 115 Å². The minimum absolute atomic E-state index is 0.0645. The molecule has 0 fully saturated rings. The SMILES string of the molecule is COc1ccc(CC(CN)c2nc(Cl)cc3c2c(I)nn3C(c2ccccc2)(c2ccccc2)c2ccccc2)cc1. The summed E-state index contributed by atoms with van der Waals surface area (Å²) < 4.78 is 8.33. The number of pyridine rings is 1. The first-order valence-corrected chi connectivity index (χ1v) is 15.3. The largest absolute Gasteiger partial charge is 0.497 e. The van der Waals surface area contributed by atoms with Crippen molar-refractivity contribution in [1.29, 1.82) is 0 Å². The molecule has 42 heavy (non-hydrogen) atoms. The monoisotopic (exact) mass is 684 g/mol. The molecule has 6 rings (SSSR count). The molecular formula is C35H30ClIN4O. The van der Waals surface area contributed by atoms with Crippen LogP contribution >= 0.6 is 34.2 Å². The first-order valence-electron chi connectivity index (χ1n) is 13.8. The lowest BCUT2D eigenvalue weighted by Gasteiger charge is -2.37. The third-order valence-electron chi connectivity index (χ3n) is 7.82. The van der Waals surface area contributed by atoms with E-state index < -0.39 is 5.54 Å². The first kappa shape index (κ1) is 28.4. The van der Waals surface area contributed by atoms with E-state index in [1.807, 2.05) is 36.4 Å². The third-order valence-corrected chi connectivity index (χ3v) is 8.77. The minimum atomic E-state index is -0.776. The molecule has 1 atom stereocenters. The van der Waals surface area contributed by atoms with Gasteiger partial charge in [0.25, 0.3) is 0 Å². The summed E-state index contributed by atoms with van der Waals surface area (Å²) in [5, 5.41) is 6.66. The van der Waals surface area contributed by atoms with Gasteiger partial charge in [-0.05, 0) is 63.4 Å². The van der Waals surface area contributed by atoms with E-state index in [4.69, 9.17) is 32.2 Å². The fraction of sp³-hybridized carbons (Fsp3) is 0.143. The standard InChI is InChI=1S/C35H30ClIN4O/c1-42-29-19-17-24(18-20-29)21-25(23-38)33-32-30(22-31(36)39-33)41(40-34(32)37)35(26-11-5-2-6-12-26,27-13-7-3-8-14-27)28-15-9-4-10-16-28/h2-20,22,25H,21,23,38H2,1H3. The molecular weight excluding hydrogens is 655 g/mol. The number of fused-ring (bicyclic) bond motifs is 1. The number of hydrogen-bond donors (Lipinski definition) is 1. The molecule has 0 bridgehead atoms. The summed E-state index contributed by atoms with van der Waals surface area (Å²) in [4.78, 5) is 4.88. The maximum atomic E-state index is 6.82. The average molecular weight is 685 g/mol. The molecule has 0 aliphatic heterocycles. The number of benzene rings is 4. The van der Waals surface area contributed by atoms with E-state index in [0.717, 1.165) is 48.3 Å². The molecule has 2 heterocycles. The highest BCUT2D eigenvalue weighted by Crippen LogP contribution is 2.44. The van der Waals surface area contributed by atoms with Crippen LogP contribution in [-0.4, -0.2) is 28.4 Å².